The predicted octanol–water partition coefficient (Wildman–Crippen LogP) is 7.12. The Balaban J connectivity index is 1.36. The van der Waals surface area contributed by atoms with Gasteiger partial charge in [-0.2, -0.15) is 5.10 Å². The van der Waals surface area contributed by atoms with Gasteiger partial charge in [-0.05, 0) is 63.9 Å². The van der Waals surface area contributed by atoms with Crippen molar-refractivity contribution >= 4 is 33.7 Å². The predicted molar refractivity (Wildman–Crippen MR) is 150 cm³/mol. The number of nitrogens with zero attached hydrogens (tertiary/aromatic N) is 1. The van der Waals surface area contributed by atoms with E-state index in [0.717, 1.165) is 34.1 Å². The van der Waals surface area contributed by atoms with Gasteiger partial charge in [0.15, 0.2) is 0 Å². The van der Waals surface area contributed by atoms with E-state index in [-0.39, 0.29) is 5.91 Å². The lowest BCUT2D eigenvalue weighted by atomic mass is 10.0. The third-order valence-electron chi connectivity index (χ3n) is 6.14. The second kappa shape index (κ2) is 11.4. The molecule has 5 aromatic rings. The number of ether oxygens (including phenoxy) is 2. The molecule has 1 amide bonds. The summed E-state index contributed by atoms with van der Waals surface area (Å²) in [5, 5.41) is 8.67. The first kappa shape index (κ1) is 24.1. The van der Waals surface area contributed by atoms with Gasteiger partial charge in [0.2, 0.25) is 0 Å². The van der Waals surface area contributed by atoms with Crippen LogP contribution in [0.1, 0.15) is 34.8 Å². The summed E-state index contributed by atoms with van der Waals surface area (Å²) in [5.74, 6) is 1.14. The van der Waals surface area contributed by atoms with Crippen LogP contribution in [0, 0.1) is 0 Å². The van der Waals surface area contributed by atoms with Crippen LogP contribution in [0.3, 0.4) is 0 Å². The lowest BCUT2D eigenvalue weighted by Gasteiger charge is -2.13. The van der Waals surface area contributed by atoms with E-state index in [1.165, 1.54) is 10.8 Å². The van der Waals surface area contributed by atoms with Crippen LogP contribution in [-0.4, -0.2) is 18.7 Å². The molecule has 0 fully saturated rings. The Labute approximate surface area is 216 Å². The van der Waals surface area contributed by atoms with Crippen molar-refractivity contribution in [1.82, 2.24) is 5.43 Å². The zero-order chi connectivity index (χ0) is 25.5. The van der Waals surface area contributed by atoms with E-state index in [1.54, 1.807) is 30.5 Å². The number of carbonyl (C=O) groups excluding carboxylic acids is 1. The third kappa shape index (κ3) is 5.62. The molecule has 0 aliphatic heterocycles. The smallest absolute Gasteiger partial charge is 0.271 e. The summed E-state index contributed by atoms with van der Waals surface area (Å²) in [6.45, 7) is 3.11. The fraction of sp³-hybridized carbons (Fsp3) is 0.125. The van der Waals surface area contributed by atoms with E-state index >= 15 is 0 Å². The minimum Gasteiger partial charge on any atom is -0.494 e. The molecule has 0 saturated heterocycles. The minimum atomic E-state index is -0.295. The number of benzene rings is 5. The summed E-state index contributed by atoms with van der Waals surface area (Å²) < 4.78 is 11.9. The maximum absolute atomic E-state index is 12.6. The zero-order valence-electron chi connectivity index (χ0n) is 20.7. The molecule has 0 saturated carbocycles. The lowest BCUT2D eigenvalue weighted by molar-refractivity contribution is 0.0955. The number of rotatable bonds is 9. The molecular weight excluding hydrogens is 460 g/mol. The number of nitrogens with one attached hydrogen (secondary N) is 1. The Morgan fingerprint density at radius 3 is 2.27 bits per heavy atom. The quantitative estimate of drug-likeness (QED) is 0.177. The Bertz CT molecular complexity index is 1550. The molecule has 0 aliphatic rings. The fourth-order valence-electron chi connectivity index (χ4n) is 4.25. The van der Waals surface area contributed by atoms with Crippen molar-refractivity contribution in [3.8, 4) is 11.5 Å². The normalized spacial score (nSPS) is 11.2. The molecule has 0 bridgehead atoms. The first-order valence-electron chi connectivity index (χ1n) is 12.4. The Morgan fingerprint density at radius 2 is 1.49 bits per heavy atom. The SMILES string of the molecule is CCCOc1ccc(C(=O)N/N=C\c2c(OCc3cccc4ccccc34)ccc3ccccc23)cc1. The molecule has 184 valence electrons. The van der Waals surface area contributed by atoms with Gasteiger partial charge in [0.25, 0.3) is 5.91 Å². The highest BCUT2D eigenvalue weighted by molar-refractivity contribution is 6.03. The highest BCUT2D eigenvalue weighted by Crippen LogP contribution is 2.28. The molecule has 0 heterocycles. The molecule has 0 atom stereocenters. The van der Waals surface area contributed by atoms with Crippen LogP contribution in [0.2, 0.25) is 0 Å². The molecule has 0 aromatic heterocycles. The average molecular weight is 489 g/mol. The van der Waals surface area contributed by atoms with E-state index in [1.807, 2.05) is 54.6 Å². The van der Waals surface area contributed by atoms with Crippen LogP contribution < -0.4 is 14.9 Å². The van der Waals surface area contributed by atoms with Crippen LogP contribution in [0.4, 0.5) is 0 Å². The molecule has 5 rings (SSSR count). The summed E-state index contributed by atoms with van der Waals surface area (Å²) in [6.07, 6.45) is 2.58. The average Bonchev–Trinajstić information content (AvgIpc) is 2.95. The molecule has 0 unspecified atom stereocenters. The van der Waals surface area contributed by atoms with Crippen molar-refractivity contribution in [3.63, 3.8) is 0 Å². The van der Waals surface area contributed by atoms with Gasteiger partial charge in [-0.25, -0.2) is 5.43 Å². The Hall–Kier alpha value is -4.64. The van der Waals surface area contributed by atoms with Gasteiger partial charge in [0.05, 0.1) is 12.8 Å². The second-order valence-electron chi connectivity index (χ2n) is 8.70. The van der Waals surface area contributed by atoms with Crippen LogP contribution in [0.15, 0.2) is 108 Å². The monoisotopic (exact) mass is 488 g/mol. The van der Waals surface area contributed by atoms with E-state index < -0.39 is 0 Å². The van der Waals surface area contributed by atoms with E-state index in [2.05, 4.69) is 41.7 Å². The van der Waals surface area contributed by atoms with Gasteiger partial charge in [-0.3, -0.25) is 4.79 Å². The number of hydrogen-bond acceptors (Lipinski definition) is 4. The number of hydrazone groups is 1. The number of fused-ring (bicyclic) bond motifs is 2. The van der Waals surface area contributed by atoms with E-state index in [9.17, 15) is 4.79 Å². The van der Waals surface area contributed by atoms with Gasteiger partial charge < -0.3 is 9.47 Å². The van der Waals surface area contributed by atoms with Gasteiger partial charge in [-0.15, -0.1) is 0 Å². The number of amides is 1. The molecule has 5 nitrogen and oxygen atoms in total. The first-order valence-corrected chi connectivity index (χ1v) is 12.4. The van der Waals surface area contributed by atoms with Crippen LogP contribution in [0.25, 0.3) is 21.5 Å². The highest BCUT2D eigenvalue weighted by atomic mass is 16.5. The first-order chi connectivity index (χ1) is 18.2. The summed E-state index contributed by atoms with van der Waals surface area (Å²) in [7, 11) is 0. The Morgan fingerprint density at radius 1 is 0.784 bits per heavy atom. The van der Waals surface area contributed by atoms with Gasteiger partial charge in [-0.1, -0.05) is 79.7 Å². The van der Waals surface area contributed by atoms with Gasteiger partial charge in [0.1, 0.15) is 18.1 Å². The fourth-order valence-corrected chi connectivity index (χ4v) is 4.25. The van der Waals surface area contributed by atoms with Crippen molar-refractivity contribution in [2.45, 2.75) is 20.0 Å². The summed E-state index contributed by atoms with van der Waals surface area (Å²) in [6, 6.07) is 33.6. The standard InChI is InChI=1S/C32H28N2O3/c1-2-20-36-27-17-14-25(15-18-27)32(35)34-33-21-30-29-13-6-4-9-24(29)16-19-31(30)37-22-26-11-7-10-23-8-3-5-12-28(23)26/h3-19,21H,2,20,22H2,1H3,(H,34,35)/b33-21-. The number of hydrogen-bond donors (Lipinski definition) is 1. The molecule has 37 heavy (non-hydrogen) atoms. The van der Waals surface area contributed by atoms with Crippen molar-refractivity contribution in [2.75, 3.05) is 6.61 Å². The summed E-state index contributed by atoms with van der Waals surface area (Å²) in [4.78, 5) is 12.6. The molecule has 5 heteroatoms. The summed E-state index contributed by atoms with van der Waals surface area (Å²) >= 11 is 0. The second-order valence-corrected chi connectivity index (χ2v) is 8.70. The Kier molecular flexibility index (Phi) is 7.42. The molecule has 0 aliphatic carbocycles. The zero-order valence-corrected chi connectivity index (χ0v) is 20.7. The topological polar surface area (TPSA) is 59.9 Å². The van der Waals surface area contributed by atoms with Gasteiger partial charge in [0, 0.05) is 11.1 Å². The van der Waals surface area contributed by atoms with Crippen LogP contribution in [0.5, 0.6) is 11.5 Å². The third-order valence-corrected chi connectivity index (χ3v) is 6.14. The molecule has 0 spiro atoms. The molecule has 5 aromatic carbocycles. The van der Waals surface area contributed by atoms with Crippen molar-refractivity contribution in [1.29, 1.82) is 0 Å². The van der Waals surface area contributed by atoms with Crippen LogP contribution >= 0.6 is 0 Å². The van der Waals surface area contributed by atoms with E-state index in [4.69, 9.17) is 9.47 Å². The summed E-state index contributed by atoms with van der Waals surface area (Å²) in [5.41, 5.74) is 5.05. The molecule has 0 radical (unpaired) electrons. The van der Waals surface area contributed by atoms with Crippen LogP contribution in [-0.2, 0) is 6.61 Å². The van der Waals surface area contributed by atoms with Crippen molar-refractivity contribution < 1.29 is 14.3 Å². The maximum Gasteiger partial charge on any atom is 0.271 e. The number of carbonyl (C=O) groups is 1. The maximum atomic E-state index is 12.6. The molecule has 1 N–H and O–H groups in total. The molecular formula is C32H28N2O3. The van der Waals surface area contributed by atoms with E-state index in [0.29, 0.717) is 24.5 Å². The largest absolute Gasteiger partial charge is 0.494 e. The minimum absolute atomic E-state index is 0.295. The lowest BCUT2D eigenvalue weighted by Crippen LogP contribution is -2.17. The van der Waals surface area contributed by atoms with Gasteiger partial charge >= 0.3 is 0 Å². The van der Waals surface area contributed by atoms with Crippen molar-refractivity contribution in [3.05, 3.63) is 120 Å². The van der Waals surface area contributed by atoms with Crippen molar-refractivity contribution in [2.24, 2.45) is 5.10 Å². The highest BCUT2D eigenvalue weighted by Gasteiger charge is 2.10.